The van der Waals surface area contributed by atoms with E-state index >= 15 is 0 Å². The third-order valence-corrected chi connectivity index (χ3v) is 6.80. The third kappa shape index (κ3) is 4.82. The van der Waals surface area contributed by atoms with Gasteiger partial charge in [0.05, 0.1) is 5.56 Å². The number of allylic oxidation sites excluding steroid dienone is 1. The van der Waals surface area contributed by atoms with Gasteiger partial charge in [0.2, 0.25) is 5.78 Å². The van der Waals surface area contributed by atoms with Crippen LogP contribution in [0.3, 0.4) is 0 Å². The van der Waals surface area contributed by atoms with Gasteiger partial charge in [0.15, 0.2) is 6.61 Å². The van der Waals surface area contributed by atoms with Crippen LogP contribution in [0, 0.1) is 0 Å². The average molecular weight is 487 g/mol. The van der Waals surface area contributed by atoms with Gasteiger partial charge in [-0.2, -0.15) is 0 Å². The number of aromatic nitrogens is 1. The van der Waals surface area contributed by atoms with Gasteiger partial charge < -0.3 is 15.0 Å². The SMILES string of the molecule is C=C(C)CCn1cc(C(=O)COc2cc3ccc(Cl)cc3cc2C(N)=O)c2ccc(C3CC3)cc21. The zero-order valence-corrected chi connectivity index (χ0v) is 20.4. The molecular weight excluding hydrogens is 460 g/mol. The van der Waals surface area contributed by atoms with Crippen molar-refractivity contribution in [1.82, 2.24) is 4.57 Å². The number of halogens is 1. The van der Waals surface area contributed by atoms with Crippen LogP contribution >= 0.6 is 11.6 Å². The zero-order valence-electron chi connectivity index (χ0n) is 19.6. The molecule has 5 rings (SSSR count). The molecule has 6 heteroatoms. The maximum atomic E-state index is 13.3. The van der Waals surface area contributed by atoms with Crippen LogP contribution < -0.4 is 10.5 Å². The molecule has 0 bridgehead atoms. The van der Waals surface area contributed by atoms with E-state index in [1.165, 1.54) is 18.4 Å². The van der Waals surface area contributed by atoms with E-state index in [1.54, 1.807) is 24.3 Å². The molecule has 5 nitrogen and oxygen atoms in total. The number of ketones is 1. The monoisotopic (exact) mass is 486 g/mol. The van der Waals surface area contributed by atoms with E-state index < -0.39 is 5.91 Å². The number of hydrogen-bond donors (Lipinski definition) is 1. The number of Topliss-reactive ketones (excluding diaryl/α,β-unsaturated/α-hetero) is 1. The standard InChI is InChI=1S/C29H27ClN2O3/c1-17(2)9-10-32-15-25(23-8-6-19(13-26(23)32)18-3-4-18)27(33)16-35-28-14-20-5-7-22(30)11-21(20)12-24(28)29(31)34/h5-8,11-15,18H,1,3-4,9-10,16H2,2H3,(H2,31,34). The summed E-state index contributed by atoms with van der Waals surface area (Å²) in [6, 6.07) is 15.1. The molecule has 1 fully saturated rings. The van der Waals surface area contributed by atoms with Crippen LogP contribution in [0.15, 0.2) is 66.9 Å². The second kappa shape index (κ2) is 9.23. The number of carbonyl (C=O) groups excluding carboxylic acids is 2. The molecular formula is C29H27ClN2O3. The van der Waals surface area contributed by atoms with Gasteiger partial charge in [-0.1, -0.05) is 35.4 Å². The number of amides is 1. The van der Waals surface area contributed by atoms with E-state index in [-0.39, 0.29) is 23.7 Å². The molecule has 1 saturated carbocycles. The van der Waals surface area contributed by atoms with Crippen LogP contribution in [-0.2, 0) is 6.54 Å². The molecule has 0 aliphatic heterocycles. The van der Waals surface area contributed by atoms with E-state index in [4.69, 9.17) is 22.1 Å². The first-order valence-electron chi connectivity index (χ1n) is 11.8. The van der Waals surface area contributed by atoms with Gasteiger partial charge >= 0.3 is 0 Å². The van der Waals surface area contributed by atoms with Crippen molar-refractivity contribution < 1.29 is 14.3 Å². The lowest BCUT2D eigenvalue weighted by molar-refractivity contribution is 0.0913. The van der Waals surface area contributed by atoms with Crippen molar-refractivity contribution in [2.75, 3.05) is 6.61 Å². The van der Waals surface area contributed by atoms with Crippen molar-refractivity contribution in [2.24, 2.45) is 5.73 Å². The van der Waals surface area contributed by atoms with Crippen LogP contribution in [0.1, 0.15) is 58.4 Å². The number of ether oxygens (including phenoxy) is 1. The molecule has 1 aliphatic rings. The van der Waals surface area contributed by atoms with Crippen molar-refractivity contribution in [3.63, 3.8) is 0 Å². The number of benzene rings is 3. The molecule has 1 heterocycles. The number of rotatable bonds is 9. The van der Waals surface area contributed by atoms with Crippen LogP contribution in [-0.4, -0.2) is 22.9 Å². The van der Waals surface area contributed by atoms with Gasteiger partial charge in [-0.05, 0) is 78.8 Å². The number of nitrogens with two attached hydrogens (primary N) is 1. The van der Waals surface area contributed by atoms with Crippen LogP contribution in [0.5, 0.6) is 5.75 Å². The Labute approximate surface area is 209 Å². The quantitative estimate of drug-likeness (QED) is 0.212. The molecule has 1 aliphatic carbocycles. The number of nitrogens with zero attached hydrogens (tertiary/aromatic N) is 1. The fraction of sp³-hybridized carbons (Fsp3) is 0.241. The van der Waals surface area contributed by atoms with Gasteiger partial charge in [-0.25, -0.2) is 0 Å². The minimum atomic E-state index is -0.627. The molecule has 0 saturated heterocycles. The maximum Gasteiger partial charge on any atom is 0.252 e. The lowest BCUT2D eigenvalue weighted by Crippen LogP contribution is -2.16. The predicted octanol–water partition coefficient (Wildman–Crippen LogP) is 6.65. The number of carbonyl (C=O) groups is 2. The van der Waals surface area contributed by atoms with Gasteiger partial charge in [-0.15, -0.1) is 6.58 Å². The van der Waals surface area contributed by atoms with Gasteiger partial charge in [0.25, 0.3) is 5.91 Å². The van der Waals surface area contributed by atoms with Gasteiger partial charge in [-0.3, -0.25) is 9.59 Å². The Bertz CT molecular complexity index is 1500. The number of hydrogen-bond acceptors (Lipinski definition) is 3. The smallest absolute Gasteiger partial charge is 0.252 e. The summed E-state index contributed by atoms with van der Waals surface area (Å²) < 4.78 is 8.01. The highest BCUT2D eigenvalue weighted by Gasteiger charge is 2.25. The average Bonchev–Trinajstić information content (AvgIpc) is 3.61. The third-order valence-electron chi connectivity index (χ3n) is 6.56. The van der Waals surface area contributed by atoms with Gasteiger partial charge in [0.1, 0.15) is 5.75 Å². The van der Waals surface area contributed by atoms with Crippen LogP contribution in [0.2, 0.25) is 5.02 Å². The second-order valence-corrected chi connectivity index (χ2v) is 9.85. The Morgan fingerprint density at radius 2 is 1.89 bits per heavy atom. The topological polar surface area (TPSA) is 74.3 Å². The summed E-state index contributed by atoms with van der Waals surface area (Å²) >= 11 is 6.08. The lowest BCUT2D eigenvalue weighted by Gasteiger charge is -2.11. The molecule has 4 aromatic rings. The molecule has 3 aromatic carbocycles. The maximum absolute atomic E-state index is 13.3. The fourth-order valence-electron chi connectivity index (χ4n) is 4.48. The Morgan fingerprint density at radius 1 is 1.09 bits per heavy atom. The van der Waals surface area contributed by atoms with Crippen molar-refractivity contribution in [1.29, 1.82) is 0 Å². The van der Waals surface area contributed by atoms with E-state index in [1.807, 2.05) is 25.3 Å². The second-order valence-electron chi connectivity index (χ2n) is 9.41. The summed E-state index contributed by atoms with van der Waals surface area (Å²) in [4.78, 5) is 25.4. The normalized spacial score (nSPS) is 13.3. The molecule has 0 unspecified atom stereocenters. The molecule has 1 aromatic heterocycles. The van der Waals surface area contributed by atoms with Crippen molar-refractivity contribution in [3.8, 4) is 5.75 Å². The molecule has 0 atom stereocenters. The first-order chi connectivity index (χ1) is 16.8. The first kappa shape index (κ1) is 23.2. The minimum absolute atomic E-state index is 0.158. The molecule has 2 N–H and O–H groups in total. The van der Waals surface area contributed by atoms with Crippen LogP contribution in [0.4, 0.5) is 0 Å². The predicted molar refractivity (Wildman–Crippen MR) is 141 cm³/mol. The number of fused-ring (bicyclic) bond motifs is 2. The highest BCUT2D eigenvalue weighted by Crippen LogP contribution is 2.41. The Kier molecular flexibility index (Phi) is 6.12. The van der Waals surface area contributed by atoms with Crippen molar-refractivity contribution in [3.05, 3.63) is 88.6 Å². The van der Waals surface area contributed by atoms with Gasteiger partial charge in [0, 0.05) is 34.2 Å². The lowest BCUT2D eigenvalue weighted by atomic mass is 10.0. The summed E-state index contributed by atoms with van der Waals surface area (Å²) in [5.41, 5.74) is 9.89. The Hall–Kier alpha value is -3.57. The summed E-state index contributed by atoms with van der Waals surface area (Å²) in [6.07, 6.45) is 5.19. The largest absolute Gasteiger partial charge is 0.485 e. The summed E-state index contributed by atoms with van der Waals surface area (Å²) in [6.45, 7) is 6.58. The van der Waals surface area contributed by atoms with E-state index in [0.717, 1.165) is 40.2 Å². The van der Waals surface area contributed by atoms with E-state index in [9.17, 15) is 9.59 Å². The highest BCUT2D eigenvalue weighted by atomic mass is 35.5. The van der Waals surface area contributed by atoms with E-state index in [0.29, 0.717) is 16.5 Å². The van der Waals surface area contributed by atoms with Crippen molar-refractivity contribution >= 4 is 45.0 Å². The molecule has 35 heavy (non-hydrogen) atoms. The fourth-order valence-corrected chi connectivity index (χ4v) is 4.66. The van der Waals surface area contributed by atoms with Crippen molar-refractivity contribution in [2.45, 2.75) is 38.6 Å². The summed E-state index contributed by atoms with van der Waals surface area (Å²) in [5, 5.41) is 3.08. The number of primary amides is 1. The minimum Gasteiger partial charge on any atom is -0.485 e. The first-order valence-corrected chi connectivity index (χ1v) is 12.1. The molecule has 0 radical (unpaired) electrons. The van der Waals surface area contributed by atoms with E-state index in [2.05, 4.69) is 23.3 Å². The summed E-state index contributed by atoms with van der Waals surface area (Å²) in [5.74, 6) is 0.122. The molecule has 178 valence electrons. The van der Waals surface area contributed by atoms with Crippen LogP contribution in [0.25, 0.3) is 21.7 Å². The Morgan fingerprint density at radius 3 is 2.60 bits per heavy atom. The Balaban J connectivity index is 1.45. The molecule has 0 spiro atoms. The zero-order chi connectivity index (χ0) is 24.7. The number of aryl methyl sites for hydroxylation is 1. The summed E-state index contributed by atoms with van der Waals surface area (Å²) in [7, 11) is 0. The highest BCUT2D eigenvalue weighted by molar-refractivity contribution is 6.31. The molecule has 1 amide bonds.